The molecule has 9 nitrogen and oxygen atoms in total. The minimum absolute atomic E-state index is 0.0606. The summed E-state index contributed by atoms with van der Waals surface area (Å²) in [6, 6.07) is 0. The fourth-order valence-corrected chi connectivity index (χ4v) is 6.20. The van der Waals surface area contributed by atoms with Gasteiger partial charge in [0.1, 0.15) is 12.2 Å². The number of epoxide rings is 1. The molecule has 3 N–H and O–H groups in total. The Morgan fingerprint density at radius 1 is 0.745 bits per heavy atom. The standard InChI is InChI=1S/C41H72NO8P/c1-3-5-7-9-11-13-15-17-18-20-22-24-26-28-34-46-36-38(37-48-51(44,45)47-35-33-42)49-41(43)32-29-31-40-39(50-40)30-27-25-23-21-19-16-14-12-10-8-6-4-2/h6,8,12,14,19,21,23,25,27,30,38-40H,3-5,7,9-11,13,15-18,20,22,24,26,28-29,31-37,42H2,1-2H3,(H,44,45)/b8-6-,14-12-,21-19-,25-23+,30-27+. The van der Waals surface area contributed by atoms with E-state index in [1.54, 1.807) is 0 Å². The van der Waals surface area contributed by atoms with E-state index in [1.807, 2.05) is 30.4 Å². The highest BCUT2D eigenvalue weighted by atomic mass is 31.2. The largest absolute Gasteiger partial charge is 0.472 e. The van der Waals surface area contributed by atoms with Gasteiger partial charge < -0.3 is 24.8 Å². The van der Waals surface area contributed by atoms with Crippen molar-refractivity contribution < 1.29 is 37.5 Å². The van der Waals surface area contributed by atoms with Crippen LogP contribution in [0.5, 0.6) is 0 Å². The minimum atomic E-state index is -4.30. The average Bonchev–Trinajstić information content (AvgIpc) is 3.87. The number of carbonyl (C=O) groups excluding carboxylic acids is 1. The van der Waals surface area contributed by atoms with Crippen LogP contribution in [0.4, 0.5) is 0 Å². The normalized spacial score (nSPS) is 18.2. The van der Waals surface area contributed by atoms with Crippen molar-refractivity contribution in [3.8, 4) is 0 Å². The van der Waals surface area contributed by atoms with Crippen molar-refractivity contribution >= 4 is 13.8 Å². The van der Waals surface area contributed by atoms with Crippen molar-refractivity contribution in [2.24, 2.45) is 5.73 Å². The van der Waals surface area contributed by atoms with Gasteiger partial charge in [0.05, 0.1) is 25.9 Å². The average molecular weight is 738 g/mol. The summed E-state index contributed by atoms with van der Waals surface area (Å²) in [5.41, 5.74) is 5.36. The molecule has 0 aromatic heterocycles. The van der Waals surface area contributed by atoms with Gasteiger partial charge >= 0.3 is 13.8 Å². The number of nitrogens with two attached hydrogens (primary N) is 1. The lowest BCUT2D eigenvalue weighted by molar-refractivity contribution is -0.154. The van der Waals surface area contributed by atoms with Gasteiger partial charge in [-0.25, -0.2) is 4.57 Å². The first-order valence-electron chi connectivity index (χ1n) is 20.0. The van der Waals surface area contributed by atoms with E-state index in [-0.39, 0.29) is 45.0 Å². The summed E-state index contributed by atoms with van der Waals surface area (Å²) in [7, 11) is -4.30. The van der Waals surface area contributed by atoms with Crippen LogP contribution in [0.1, 0.15) is 142 Å². The molecular weight excluding hydrogens is 665 g/mol. The number of phosphoric ester groups is 1. The zero-order valence-electron chi connectivity index (χ0n) is 32.0. The van der Waals surface area contributed by atoms with Gasteiger partial charge in [-0.3, -0.25) is 13.8 Å². The number of hydrogen-bond donors (Lipinski definition) is 2. The fourth-order valence-electron chi connectivity index (χ4n) is 5.43. The third-order valence-electron chi connectivity index (χ3n) is 8.41. The minimum Gasteiger partial charge on any atom is -0.457 e. The number of esters is 1. The maximum absolute atomic E-state index is 12.6. The highest BCUT2D eigenvalue weighted by Crippen LogP contribution is 2.43. The molecule has 4 unspecified atom stereocenters. The Balaban J connectivity index is 2.24. The van der Waals surface area contributed by atoms with Crippen LogP contribution >= 0.6 is 7.82 Å². The molecule has 0 bridgehead atoms. The van der Waals surface area contributed by atoms with E-state index >= 15 is 0 Å². The summed E-state index contributed by atoms with van der Waals surface area (Å²) in [6.07, 6.45) is 42.6. The van der Waals surface area contributed by atoms with Crippen molar-refractivity contribution in [1.29, 1.82) is 0 Å². The second-order valence-corrected chi connectivity index (χ2v) is 14.7. The van der Waals surface area contributed by atoms with E-state index in [1.165, 1.54) is 77.0 Å². The fraction of sp³-hybridized carbons (Fsp3) is 0.732. The monoisotopic (exact) mass is 737 g/mol. The van der Waals surface area contributed by atoms with E-state index < -0.39 is 19.9 Å². The quantitative estimate of drug-likeness (QED) is 0.0161. The first kappa shape index (κ1) is 47.2. The van der Waals surface area contributed by atoms with Crippen LogP contribution < -0.4 is 5.73 Å². The van der Waals surface area contributed by atoms with Gasteiger partial charge in [-0.05, 0) is 38.5 Å². The first-order chi connectivity index (χ1) is 24.9. The molecule has 0 spiro atoms. The second kappa shape index (κ2) is 34.0. The highest BCUT2D eigenvalue weighted by molar-refractivity contribution is 7.47. The Morgan fingerprint density at radius 3 is 2.00 bits per heavy atom. The SMILES string of the molecule is CC/C=C\C/C=C\C\C=C/C=C/C=C/C1OC1CCCC(=O)OC(COCCCCCCCCCCCCCCCC)COP(=O)(O)OCCN. The summed E-state index contributed by atoms with van der Waals surface area (Å²) in [5, 5.41) is 0. The maximum atomic E-state index is 12.6. The molecule has 0 saturated carbocycles. The van der Waals surface area contributed by atoms with Crippen molar-refractivity contribution in [2.75, 3.05) is 33.0 Å². The molecule has 0 aliphatic carbocycles. The van der Waals surface area contributed by atoms with E-state index in [0.717, 1.165) is 38.5 Å². The number of phosphoric acid groups is 1. The molecule has 1 aliphatic heterocycles. The first-order valence-corrected chi connectivity index (χ1v) is 21.5. The molecule has 0 amide bonds. The molecule has 0 aromatic rings. The number of unbranched alkanes of at least 4 members (excludes halogenated alkanes) is 13. The topological polar surface area (TPSA) is 130 Å². The Hall–Kier alpha value is -1.84. The van der Waals surface area contributed by atoms with Crippen LogP contribution in [-0.2, 0) is 32.6 Å². The molecule has 1 aliphatic rings. The molecule has 0 aromatic carbocycles. The van der Waals surface area contributed by atoms with Crippen LogP contribution in [0.3, 0.4) is 0 Å². The third kappa shape index (κ3) is 31.4. The second-order valence-electron chi connectivity index (χ2n) is 13.2. The van der Waals surface area contributed by atoms with Gasteiger partial charge in [-0.1, -0.05) is 158 Å². The third-order valence-corrected chi connectivity index (χ3v) is 9.40. The lowest BCUT2D eigenvalue weighted by Crippen LogP contribution is -2.28. The lowest BCUT2D eigenvalue weighted by atomic mass is 10.0. The predicted molar refractivity (Wildman–Crippen MR) is 210 cm³/mol. The van der Waals surface area contributed by atoms with Crippen LogP contribution in [0.2, 0.25) is 0 Å². The molecular formula is C41H72NO8P. The van der Waals surface area contributed by atoms with Gasteiger partial charge in [0.15, 0.2) is 0 Å². The lowest BCUT2D eigenvalue weighted by Gasteiger charge is -2.20. The van der Waals surface area contributed by atoms with Crippen LogP contribution in [0.15, 0.2) is 60.8 Å². The van der Waals surface area contributed by atoms with Crippen LogP contribution in [0.25, 0.3) is 0 Å². The van der Waals surface area contributed by atoms with Crippen molar-refractivity contribution in [2.45, 2.75) is 161 Å². The smallest absolute Gasteiger partial charge is 0.457 e. The number of allylic oxidation sites excluding steroid dienone is 9. The molecule has 51 heavy (non-hydrogen) atoms. The summed E-state index contributed by atoms with van der Waals surface area (Å²) >= 11 is 0. The number of rotatable bonds is 36. The molecule has 1 saturated heterocycles. The van der Waals surface area contributed by atoms with E-state index in [2.05, 4.69) is 44.2 Å². The van der Waals surface area contributed by atoms with Crippen molar-refractivity contribution in [1.82, 2.24) is 0 Å². The van der Waals surface area contributed by atoms with Gasteiger partial charge in [0, 0.05) is 19.6 Å². The zero-order chi connectivity index (χ0) is 37.1. The predicted octanol–water partition coefficient (Wildman–Crippen LogP) is 10.4. The molecule has 1 heterocycles. The Bertz CT molecular complexity index is 1030. The van der Waals surface area contributed by atoms with Crippen molar-refractivity contribution in [3.05, 3.63) is 60.8 Å². The molecule has 0 radical (unpaired) electrons. The highest BCUT2D eigenvalue weighted by Gasteiger charge is 2.35. The maximum Gasteiger partial charge on any atom is 0.472 e. The van der Waals surface area contributed by atoms with Crippen molar-refractivity contribution in [3.63, 3.8) is 0 Å². The van der Waals surface area contributed by atoms with Crippen LogP contribution in [-0.4, -0.2) is 62.1 Å². The Kier molecular flexibility index (Phi) is 31.4. The van der Waals surface area contributed by atoms with E-state index in [9.17, 15) is 14.3 Å². The van der Waals surface area contributed by atoms with Gasteiger partial charge in [-0.15, -0.1) is 0 Å². The number of carbonyl (C=O) groups is 1. The van der Waals surface area contributed by atoms with Gasteiger partial charge in [-0.2, -0.15) is 0 Å². The van der Waals surface area contributed by atoms with Crippen LogP contribution in [0, 0.1) is 0 Å². The number of hydrogen-bond acceptors (Lipinski definition) is 8. The molecule has 10 heteroatoms. The Morgan fingerprint density at radius 2 is 1.35 bits per heavy atom. The molecule has 1 fully saturated rings. The molecule has 1 rings (SSSR count). The van der Waals surface area contributed by atoms with Gasteiger partial charge in [0.25, 0.3) is 0 Å². The van der Waals surface area contributed by atoms with E-state index in [4.69, 9.17) is 29.0 Å². The van der Waals surface area contributed by atoms with Gasteiger partial charge in [0.2, 0.25) is 0 Å². The Labute approximate surface area is 310 Å². The summed E-state index contributed by atoms with van der Waals surface area (Å²) in [5.74, 6) is -0.408. The summed E-state index contributed by atoms with van der Waals surface area (Å²) < 4.78 is 39.0. The molecule has 294 valence electrons. The molecule has 4 atom stereocenters. The van der Waals surface area contributed by atoms with E-state index in [0.29, 0.717) is 13.0 Å². The summed E-state index contributed by atoms with van der Waals surface area (Å²) in [4.78, 5) is 22.5. The summed E-state index contributed by atoms with van der Waals surface area (Å²) in [6.45, 7) is 4.66. The number of ether oxygens (including phenoxy) is 3. The zero-order valence-corrected chi connectivity index (χ0v) is 32.9.